The summed E-state index contributed by atoms with van der Waals surface area (Å²) in [7, 11) is 0. The molecule has 0 radical (unpaired) electrons. The first-order chi connectivity index (χ1) is 6.86. The van der Waals surface area contributed by atoms with Gasteiger partial charge in [-0.1, -0.05) is 18.2 Å². The zero-order valence-corrected chi connectivity index (χ0v) is 7.47. The number of Topliss-reactive ketones (excluding diaryl/α,β-unsaturated/α-hetero) is 1. The number of nitrogens with zero attached hydrogens (tertiary/aromatic N) is 2. The molecule has 3 nitrogen and oxygen atoms in total. The highest BCUT2D eigenvalue weighted by atomic mass is 16.1. The fourth-order valence-electron chi connectivity index (χ4n) is 1.77. The van der Waals surface area contributed by atoms with Crippen LogP contribution < -0.4 is 0 Å². The Balaban J connectivity index is 2.45. The van der Waals surface area contributed by atoms with Crippen molar-refractivity contribution in [2.75, 3.05) is 0 Å². The van der Waals surface area contributed by atoms with Crippen LogP contribution >= 0.6 is 0 Å². The largest absolute Gasteiger partial charge is 0.292 e. The lowest BCUT2D eigenvalue weighted by molar-refractivity contribution is 0.0990. The summed E-state index contributed by atoms with van der Waals surface area (Å²) < 4.78 is 1.71. The van der Waals surface area contributed by atoms with Gasteiger partial charge < -0.3 is 0 Å². The van der Waals surface area contributed by atoms with Crippen molar-refractivity contribution in [2.45, 2.75) is 6.42 Å². The van der Waals surface area contributed by atoms with Crippen LogP contribution in [0.3, 0.4) is 0 Å². The van der Waals surface area contributed by atoms with Crippen molar-refractivity contribution in [1.82, 2.24) is 4.68 Å². The third-order valence-electron chi connectivity index (χ3n) is 2.44. The molecule has 0 atom stereocenters. The molecule has 3 rings (SSSR count). The second kappa shape index (κ2) is 2.54. The van der Waals surface area contributed by atoms with Crippen molar-refractivity contribution < 1.29 is 4.79 Å². The van der Waals surface area contributed by atoms with Crippen molar-refractivity contribution >= 4 is 22.9 Å². The molecule has 68 valence electrons. The summed E-state index contributed by atoms with van der Waals surface area (Å²) >= 11 is 0. The quantitative estimate of drug-likeness (QED) is 0.617. The summed E-state index contributed by atoms with van der Waals surface area (Å²) in [5, 5.41) is 5.27. The van der Waals surface area contributed by atoms with Gasteiger partial charge >= 0.3 is 0 Å². The first-order valence-electron chi connectivity index (χ1n) is 4.53. The highest BCUT2D eigenvalue weighted by Gasteiger charge is 2.16. The molecule has 0 saturated carbocycles. The first-order valence-corrected chi connectivity index (χ1v) is 4.53. The Labute approximate surface area is 80.6 Å². The van der Waals surface area contributed by atoms with E-state index in [0.717, 1.165) is 10.9 Å². The number of carbonyl (C=O) groups is 1. The average Bonchev–Trinajstić information content (AvgIpc) is 2.59. The fraction of sp³-hybridized carbons (Fsp3) is 0.0909. The zero-order valence-electron chi connectivity index (χ0n) is 7.47. The van der Waals surface area contributed by atoms with Crippen LogP contribution in [0, 0.1) is 0 Å². The molecule has 0 aliphatic carbocycles. The summed E-state index contributed by atoms with van der Waals surface area (Å²) in [5.74, 6) is 0.135. The minimum absolute atomic E-state index is 0.135. The second-order valence-corrected chi connectivity index (χ2v) is 3.33. The van der Waals surface area contributed by atoms with Crippen molar-refractivity contribution in [3.63, 3.8) is 0 Å². The molecule has 0 N–H and O–H groups in total. The Morgan fingerprint density at radius 2 is 2.14 bits per heavy atom. The summed E-state index contributed by atoms with van der Waals surface area (Å²) in [6.45, 7) is 0. The Hall–Kier alpha value is -1.90. The van der Waals surface area contributed by atoms with E-state index >= 15 is 0 Å². The first kappa shape index (κ1) is 7.50. The minimum Gasteiger partial charge on any atom is -0.292 e. The number of hydrogen-bond donors (Lipinski definition) is 0. The van der Waals surface area contributed by atoms with Gasteiger partial charge in [0.1, 0.15) is 5.69 Å². The predicted molar refractivity (Wildman–Crippen MR) is 54.8 cm³/mol. The van der Waals surface area contributed by atoms with Crippen molar-refractivity contribution in [3.05, 3.63) is 36.0 Å². The number of para-hydroxylation sites is 1. The van der Waals surface area contributed by atoms with Gasteiger partial charge in [-0.2, -0.15) is 5.10 Å². The topological polar surface area (TPSA) is 34.4 Å². The van der Waals surface area contributed by atoms with E-state index in [1.807, 2.05) is 30.3 Å². The van der Waals surface area contributed by atoms with E-state index in [0.29, 0.717) is 12.1 Å². The molecule has 1 aliphatic heterocycles. The fourth-order valence-corrected chi connectivity index (χ4v) is 1.77. The molecule has 1 aromatic carbocycles. The van der Waals surface area contributed by atoms with E-state index in [4.69, 9.17) is 0 Å². The van der Waals surface area contributed by atoms with Gasteiger partial charge in [0.25, 0.3) is 0 Å². The van der Waals surface area contributed by atoms with Crippen LogP contribution in [-0.4, -0.2) is 16.7 Å². The van der Waals surface area contributed by atoms with E-state index in [-0.39, 0.29) is 5.78 Å². The number of hydrogen-bond acceptors (Lipinski definition) is 2. The van der Waals surface area contributed by atoms with Crippen LogP contribution in [-0.2, 0) is 0 Å². The third kappa shape index (κ3) is 0.865. The predicted octanol–water partition coefficient (Wildman–Crippen LogP) is 2.06. The van der Waals surface area contributed by atoms with Crippen LogP contribution in [0.2, 0.25) is 0 Å². The third-order valence-corrected chi connectivity index (χ3v) is 2.44. The summed E-state index contributed by atoms with van der Waals surface area (Å²) in [4.78, 5) is 11.5. The van der Waals surface area contributed by atoms with E-state index in [9.17, 15) is 4.79 Å². The molecule has 0 amide bonds. The average molecular weight is 184 g/mol. The number of benzene rings is 1. The maximum atomic E-state index is 11.5. The van der Waals surface area contributed by atoms with Gasteiger partial charge in [0.15, 0.2) is 5.78 Å². The summed E-state index contributed by atoms with van der Waals surface area (Å²) in [6, 6.07) is 9.76. The van der Waals surface area contributed by atoms with Crippen LogP contribution in [0.1, 0.15) is 16.9 Å². The van der Waals surface area contributed by atoms with Gasteiger partial charge in [-0.25, -0.2) is 4.68 Å². The van der Waals surface area contributed by atoms with Crippen LogP contribution in [0.25, 0.3) is 10.9 Å². The lowest BCUT2D eigenvalue weighted by atomic mass is 10.2. The molecule has 14 heavy (non-hydrogen) atoms. The molecular weight excluding hydrogens is 176 g/mol. The normalized spacial score (nSPS) is 14.7. The molecule has 1 aliphatic rings. The summed E-state index contributed by atoms with van der Waals surface area (Å²) in [5.41, 5.74) is 1.68. The number of rotatable bonds is 0. The lowest BCUT2D eigenvalue weighted by Crippen LogP contribution is -2.11. The Kier molecular flexibility index (Phi) is 1.36. The monoisotopic (exact) mass is 184 g/mol. The van der Waals surface area contributed by atoms with Crippen LogP contribution in [0.4, 0.5) is 0 Å². The van der Waals surface area contributed by atoms with Crippen molar-refractivity contribution in [1.29, 1.82) is 0 Å². The summed E-state index contributed by atoms with van der Waals surface area (Å²) in [6.07, 6.45) is 2.07. The lowest BCUT2D eigenvalue weighted by Gasteiger charge is -2.06. The van der Waals surface area contributed by atoms with E-state index < -0.39 is 0 Å². The number of carbonyl (C=O) groups excluding carboxylic acids is 1. The highest BCUT2D eigenvalue weighted by molar-refractivity contribution is 6.07. The van der Waals surface area contributed by atoms with E-state index in [2.05, 4.69) is 5.10 Å². The molecule has 3 heteroatoms. The molecule has 2 heterocycles. The maximum Gasteiger partial charge on any atom is 0.186 e. The Morgan fingerprint density at radius 3 is 3.07 bits per heavy atom. The number of ketones is 1. The molecular formula is C11H8N2O. The minimum atomic E-state index is 0.135. The highest BCUT2D eigenvalue weighted by Crippen LogP contribution is 2.22. The molecule has 0 spiro atoms. The van der Waals surface area contributed by atoms with Gasteiger partial charge in [0.05, 0.1) is 5.52 Å². The Morgan fingerprint density at radius 1 is 1.29 bits per heavy atom. The molecule has 2 aromatic rings. The SMILES string of the molecule is O=C1CC=Nn2c1cc1ccccc12. The molecule has 0 bridgehead atoms. The van der Waals surface area contributed by atoms with Gasteiger partial charge in [-0.3, -0.25) is 4.79 Å². The molecule has 1 aromatic heterocycles. The standard InChI is InChI=1S/C11H8N2O/c14-11-5-6-12-13-9-4-2-1-3-8(9)7-10(11)13/h1-4,6-7H,5H2. The molecule has 0 fully saturated rings. The van der Waals surface area contributed by atoms with Crippen molar-refractivity contribution in [3.8, 4) is 0 Å². The molecule has 0 saturated heterocycles. The van der Waals surface area contributed by atoms with E-state index in [1.165, 1.54) is 0 Å². The zero-order chi connectivity index (χ0) is 9.54. The smallest absolute Gasteiger partial charge is 0.186 e. The van der Waals surface area contributed by atoms with Crippen LogP contribution in [0.15, 0.2) is 35.4 Å². The van der Waals surface area contributed by atoms with Crippen LogP contribution in [0.5, 0.6) is 0 Å². The van der Waals surface area contributed by atoms with Gasteiger partial charge in [0, 0.05) is 18.0 Å². The maximum absolute atomic E-state index is 11.5. The van der Waals surface area contributed by atoms with E-state index in [1.54, 1.807) is 10.9 Å². The number of fused-ring (bicyclic) bond motifs is 3. The van der Waals surface area contributed by atoms with Gasteiger partial charge in [-0.05, 0) is 12.1 Å². The van der Waals surface area contributed by atoms with Gasteiger partial charge in [0.2, 0.25) is 0 Å². The van der Waals surface area contributed by atoms with Crippen molar-refractivity contribution in [2.24, 2.45) is 5.10 Å². The number of aromatic nitrogens is 1. The van der Waals surface area contributed by atoms with Gasteiger partial charge in [-0.15, -0.1) is 0 Å². The second-order valence-electron chi connectivity index (χ2n) is 3.33. The molecule has 0 unspecified atom stereocenters. The Bertz CT molecular complexity index is 551.